The van der Waals surface area contributed by atoms with E-state index in [-0.39, 0.29) is 28.1 Å². The van der Waals surface area contributed by atoms with Gasteiger partial charge in [-0.05, 0) is 36.8 Å². The van der Waals surface area contributed by atoms with Crippen LogP contribution in [0.25, 0.3) is 11.0 Å². The number of carbonyl (C=O) groups is 1. The first kappa shape index (κ1) is 17.2. The van der Waals surface area contributed by atoms with Gasteiger partial charge in [0, 0.05) is 11.1 Å². The molecule has 3 aromatic rings. The molecule has 0 saturated heterocycles. The van der Waals surface area contributed by atoms with Crippen LogP contribution in [0.4, 0.5) is 11.4 Å². The van der Waals surface area contributed by atoms with E-state index in [0.29, 0.717) is 5.16 Å². The van der Waals surface area contributed by atoms with Crippen molar-refractivity contribution in [2.75, 3.05) is 11.1 Å². The number of benzene rings is 2. The van der Waals surface area contributed by atoms with Gasteiger partial charge in [0.2, 0.25) is 5.91 Å². The van der Waals surface area contributed by atoms with Gasteiger partial charge in [-0.25, -0.2) is 4.98 Å². The maximum atomic E-state index is 12.1. The molecule has 0 fully saturated rings. The van der Waals surface area contributed by atoms with Crippen molar-refractivity contribution in [2.24, 2.45) is 0 Å². The van der Waals surface area contributed by atoms with Crippen LogP contribution in [0.5, 0.6) is 0 Å². The lowest BCUT2D eigenvalue weighted by Gasteiger charge is -2.05. The minimum atomic E-state index is -0.587. The van der Waals surface area contributed by atoms with Crippen molar-refractivity contribution >= 4 is 51.7 Å². The number of nitro groups is 1. The summed E-state index contributed by atoms with van der Waals surface area (Å²) in [5.74, 6) is -0.300. The van der Waals surface area contributed by atoms with Crippen molar-refractivity contribution in [3.8, 4) is 0 Å². The summed E-state index contributed by atoms with van der Waals surface area (Å²) in [6.07, 6.45) is 0. The molecule has 0 bridgehead atoms. The van der Waals surface area contributed by atoms with Gasteiger partial charge >= 0.3 is 0 Å². The Hall–Kier alpha value is -2.58. The molecule has 9 heteroatoms. The number of hydrogen-bond donors (Lipinski definition) is 2. The van der Waals surface area contributed by atoms with Crippen molar-refractivity contribution in [2.45, 2.75) is 12.1 Å². The van der Waals surface area contributed by atoms with Gasteiger partial charge in [0.05, 0.1) is 21.7 Å². The van der Waals surface area contributed by atoms with Crippen molar-refractivity contribution in [1.29, 1.82) is 0 Å². The highest BCUT2D eigenvalue weighted by molar-refractivity contribution is 7.99. The van der Waals surface area contributed by atoms with E-state index < -0.39 is 4.92 Å². The third-order valence-corrected chi connectivity index (χ3v) is 4.49. The number of nitro benzene ring substituents is 1. The molecule has 1 heterocycles. The predicted molar refractivity (Wildman–Crippen MR) is 98.3 cm³/mol. The fourth-order valence-corrected chi connectivity index (χ4v) is 3.10. The normalized spacial score (nSPS) is 10.8. The number of aromatic nitrogens is 2. The topological polar surface area (TPSA) is 101 Å². The van der Waals surface area contributed by atoms with Crippen LogP contribution in [-0.4, -0.2) is 26.6 Å². The van der Waals surface area contributed by atoms with E-state index in [1.807, 2.05) is 25.1 Å². The number of fused-ring (bicyclic) bond motifs is 1. The van der Waals surface area contributed by atoms with Gasteiger partial charge in [0.1, 0.15) is 5.69 Å². The summed E-state index contributed by atoms with van der Waals surface area (Å²) in [5, 5.41) is 14.4. The van der Waals surface area contributed by atoms with E-state index in [9.17, 15) is 14.9 Å². The molecule has 0 aliphatic rings. The summed E-state index contributed by atoms with van der Waals surface area (Å²) in [4.78, 5) is 30.1. The van der Waals surface area contributed by atoms with E-state index in [1.165, 1.54) is 30.0 Å². The van der Waals surface area contributed by atoms with Crippen LogP contribution in [0, 0.1) is 17.0 Å². The lowest BCUT2D eigenvalue weighted by molar-refractivity contribution is -0.383. The van der Waals surface area contributed by atoms with Crippen molar-refractivity contribution < 1.29 is 9.72 Å². The SMILES string of the molecule is Cc1ccc2nc(SCC(=O)Nc3ccc(Cl)cc3[N+](=O)[O-])[nH]c2c1. The number of aromatic amines is 1. The van der Waals surface area contributed by atoms with Gasteiger partial charge in [-0.15, -0.1) is 0 Å². The van der Waals surface area contributed by atoms with E-state index in [0.717, 1.165) is 16.6 Å². The predicted octanol–water partition coefficient (Wildman–Crippen LogP) is 4.16. The standard InChI is InChI=1S/C16H13ClN4O3S/c1-9-2-4-11-13(6-9)20-16(19-11)25-8-15(22)18-12-5-3-10(17)7-14(12)21(23)24/h2-7H,8H2,1H3,(H,18,22)(H,19,20). The van der Waals surface area contributed by atoms with E-state index in [2.05, 4.69) is 15.3 Å². The number of hydrogen-bond acceptors (Lipinski definition) is 5. The number of H-pyrrole nitrogens is 1. The molecule has 0 atom stereocenters. The van der Waals surface area contributed by atoms with E-state index in [1.54, 1.807) is 0 Å². The molecule has 0 radical (unpaired) electrons. The Morgan fingerprint density at radius 3 is 2.92 bits per heavy atom. The summed E-state index contributed by atoms with van der Waals surface area (Å²) in [5.41, 5.74) is 2.70. The molecule has 128 valence electrons. The zero-order valence-corrected chi connectivity index (χ0v) is 14.6. The maximum absolute atomic E-state index is 12.1. The summed E-state index contributed by atoms with van der Waals surface area (Å²) in [6, 6.07) is 9.94. The minimum Gasteiger partial charge on any atom is -0.333 e. The monoisotopic (exact) mass is 376 g/mol. The summed E-state index contributed by atoms with van der Waals surface area (Å²) < 4.78 is 0. The number of nitrogens with zero attached hydrogens (tertiary/aromatic N) is 2. The van der Waals surface area contributed by atoms with Crippen molar-refractivity contribution in [3.05, 3.63) is 57.1 Å². The third-order valence-electron chi connectivity index (χ3n) is 3.39. The number of halogens is 1. The van der Waals surface area contributed by atoms with Gasteiger partial charge in [-0.2, -0.15) is 0 Å². The number of nitrogens with one attached hydrogen (secondary N) is 2. The molecule has 1 aromatic heterocycles. The molecule has 0 unspecified atom stereocenters. The summed E-state index contributed by atoms with van der Waals surface area (Å²) >= 11 is 6.98. The van der Waals surface area contributed by atoms with Gasteiger partial charge in [0.15, 0.2) is 5.16 Å². The van der Waals surface area contributed by atoms with E-state index >= 15 is 0 Å². The Morgan fingerprint density at radius 1 is 1.36 bits per heavy atom. The lowest BCUT2D eigenvalue weighted by atomic mass is 10.2. The van der Waals surface area contributed by atoms with Gasteiger partial charge in [-0.3, -0.25) is 14.9 Å². The molecule has 0 aliphatic heterocycles. The number of imidazole rings is 1. The third kappa shape index (κ3) is 4.09. The molecule has 25 heavy (non-hydrogen) atoms. The number of amides is 1. The Bertz CT molecular complexity index is 973. The Labute approximate surface area is 151 Å². The molecule has 7 nitrogen and oxygen atoms in total. The Balaban J connectivity index is 1.67. The lowest BCUT2D eigenvalue weighted by Crippen LogP contribution is -2.15. The molecule has 0 aliphatic carbocycles. The summed E-state index contributed by atoms with van der Waals surface area (Å²) in [6.45, 7) is 1.99. The first-order valence-electron chi connectivity index (χ1n) is 7.25. The zero-order chi connectivity index (χ0) is 18.0. The molecule has 1 amide bonds. The zero-order valence-electron chi connectivity index (χ0n) is 13.1. The highest BCUT2D eigenvalue weighted by Gasteiger charge is 2.17. The average molecular weight is 377 g/mol. The number of rotatable bonds is 5. The van der Waals surface area contributed by atoms with Crippen LogP contribution in [0.15, 0.2) is 41.6 Å². The average Bonchev–Trinajstić information content (AvgIpc) is 2.96. The molecular weight excluding hydrogens is 364 g/mol. The van der Waals surface area contributed by atoms with Crippen LogP contribution in [0.3, 0.4) is 0 Å². The molecule has 0 spiro atoms. The minimum absolute atomic E-state index is 0.0680. The summed E-state index contributed by atoms with van der Waals surface area (Å²) in [7, 11) is 0. The van der Waals surface area contributed by atoms with E-state index in [4.69, 9.17) is 11.6 Å². The quantitative estimate of drug-likeness (QED) is 0.395. The molecule has 3 rings (SSSR count). The largest absolute Gasteiger partial charge is 0.333 e. The fraction of sp³-hybridized carbons (Fsp3) is 0.125. The fourth-order valence-electron chi connectivity index (χ4n) is 2.25. The molecule has 2 aromatic carbocycles. The first-order valence-corrected chi connectivity index (χ1v) is 8.62. The maximum Gasteiger partial charge on any atom is 0.294 e. The molecule has 2 N–H and O–H groups in total. The second kappa shape index (κ2) is 7.12. The first-order chi connectivity index (χ1) is 11.9. The second-order valence-corrected chi connectivity index (χ2v) is 6.72. The number of anilines is 1. The molecular formula is C16H13ClN4O3S. The van der Waals surface area contributed by atoms with Crippen LogP contribution in [0.2, 0.25) is 5.02 Å². The van der Waals surface area contributed by atoms with Crippen LogP contribution >= 0.6 is 23.4 Å². The van der Waals surface area contributed by atoms with Gasteiger partial charge in [0.25, 0.3) is 5.69 Å². The van der Waals surface area contributed by atoms with Crippen LogP contribution in [-0.2, 0) is 4.79 Å². The number of aryl methyl sites for hydroxylation is 1. The highest BCUT2D eigenvalue weighted by atomic mass is 35.5. The smallest absolute Gasteiger partial charge is 0.294 e. The molecule has 0 saturated carbocycles. The second-order valence-electron chi connectivity index (χ2n) is 5.32. The highest BCUT2D eigenvalue weighted by Crippen LogP contribution is 2.28. The Kier molecular flexibility index (Phi) is 4.91. The Morgan fingerprint density at radius 2 is 2.16 bits per heavy atom. The van der Waals surface area contributed by atoms with Crippen LogP contribution < -0.4 is 5.32 Å². The number of thioether (sulfide) groups is 1. The van der Waals surface area contributed by atoms with Crippen molar-refractivity contribution in [3.63, 3.8) is 0 Å². The van der Waals surface area contributed by atoms with Crippen LogP contribution in [0.1, 0.15) is 5.56 Å². The van der Waals surface area contributed by atoms with Crippen molar-refractivity contribution in [1.82, 2.24) is 9.97 Å². The number of carbonyl (C=O) groups excluding carboxylic acids is 1. The van der Waals surface area contributed by atoms with Gasteiger partial charge in [-0.1, -0.05) is 29.4 Å². The van der Waals surface area contributed by atoms with Gasteiger partial charge < -0.3 is 10.3 Å².